The van der Waals surface area contributed by atoms with Crippen LogP contribution in [0.25, 0.3) is 0 Å². The fourth-order valence-corrected chi connectivity index (χ4v) is 3.64. The third-order valence-corrected chi connectivity index (χ3v) is 4.66. The quantitative estimate of drug-likeness (QED) is 0.894. The maximum absolute atomic E-state index is 12.9. The molecule has 2 saturated heterocycles. The van der Waals surface area contributed by atoms with Gasteiger partial charge in [0.05, 0.1) is 17.8 Å². The number of likely N-dealkylation sites (tertiary alicyclic amines) is 1. The van der Waals surface area contributed by atoms with E-state index in [0.29, 0.717) is 26.1 Å². The zero-order valence-corrected chi connectivity index (χ0v) is 14.1. The van der Waals surface area contributed by atoms with Gasteiger partial charge in [-0.2, -0.15) is 0 Å². The van der Waals surface area contributed by atoms with Gasteiger partial charge >= 0.3 is 0 Å². The number of hydrogen-bond acceptors (Lipinski definition) is 4. The molecule has 0 radical (unpaired) electrons. The van der Waals surface area contributed by atoms with Gasteiger partial charge < -0.3 is 19.6 Å². The lowest BCUT2D eigenvalue weighted by Gasteiger charge is -2.38. The van der Waals surface area contributed by atoms with E-state index in [1.54, 1.807) is 28.0 Å². The number of morpholine rings is 1. The molecule has 3 rings (SSSR count). The first-order valence-corrected chi connectivity index (χ1v) is 8.50. The molecule has 2 aliphatic rings. The van der Waals surface area contributed by atoms with Crippen molar-refractivity contribution in [2.75, 3.05) is 19.6 Å². The van der Waals surface area contributed by atoms with Crippen LogP contribution in [-0.4, -0.2) is 64.6 Å². The minimum absolute atomic E-state index is 0.00132. The fourth-order valence-electron chi connectivity index (χ4n) is 3.64. The number of phenols is 1. The van der Waals surface area contributed by atoms with E-state index >= 15 is 0 Å². The zero-order chi connectivity index (χ0) is 17.3. The normalized spacial score (nSPS) is 27.3. The Balaban J connectivity index is 1.77. The van der Waals surface area contributed by atoms with Gasteiger partial charge in [-0.05, 0) is 38.8 Å². The van der Waals surface area contributed by atoms with Crippen molar-refractivity contribution in [2.45, 2.75) is 44.9 Å². The minimum atomic E-state index is -0.449. The number of amides is 2. The monoisotopic (exact) mass is 332 g/mol. The number of nitrogens with zero attached hydrogens (tertiary/aromatic N) is 2. The standard InChI is InChI=1S/C18H24N2O4/c1-12-10-19(11-13(2)24-12)18(23)15-7-5-9-20(15)17(22)14-6-3-4-8-16(14)21/h3-4,6,8,12-13,15,21H,5,7,9-11H2,1-2H3. The van der Waals surface area contributed by atoms with Crippen LogP contribution in [0, 0.1) is 0 Å². The van der Waals surface area contributed by atoms with Crippen LogP contribution in [0.1, 0.15) is 37.0 Å². The molecule has 3 atom stereocenters. The molecule has 130 valence electrons. The molecule has 2 heterocycles. The molecule has 0 spiro atoms. The lowest BCUT2D eigenvalue weighted by molar-refractivity contribution is -0.147. The van der Waals surface area contributed by atoms with E-state index in [4.69, 9.17) is 4.74 Å². The van der Waals surface area contributed by atoms with Crippen LogP contribution in [0.5, 0.6) is 5.75 Å². The zero-order valence-electron chi connectivity index (χ0n) is 14.1. The topological polar surface area (TPSA) is 70.1 Å². The number of carbonyl (C=O) groups excluding carboxylic acids is 2. The number of aromatic hydroxyl groups is 1. The van der Waals surface area contributed by atoms with Crippen molar-refractivity contribution in [3.63, 3.8) is 0 Å². The summed E-state index contributed by atoms with van der Waals surface area (Å²) < 4.78 is 5.68. The number of carbonyl (C=O) groups is 2. The summed E-state index contributed by atoms with van der Waals surface area (Å²) in [6.07, 6.45) is 1.46. The van der Waals surface area contributed by atoms with Crippen LogP contribution in [0.3, 0.4) is 0 Å². The van der Waals surface area contributed by atoms with Crippen LogP contribution in [0.2, 0.25) is 0 Å². The summed E-state index contributed by atoms with van der Waals surface area (Å²) in [5, 5.41) is 9.92. The molecule has 2 amide bonds. The van der Waals surface area contributed by atoms with E-state index in [-0.39, 0.29) is 35.3 Å². The van der Waals surface area contributed by atoms with Crippen molar-refractivity contribution in [1.82, 2.24) is 9.80 Å². The van der Waals surface area contributed by atoms with Crippen molar-refractivity contribution >= 4 is 11.8 Å². The molecule has 3 unspecified atom stereocenters. The van der Waals surface area contributed by atoms with Crippen LogP contribution >= 0.6 is 0 Å². The highest BCUT2D eigenvalue weighted by Gasteiger charge is 2.39. The summed E-state index contributed by atoms with van der Waals surface area (Å²) in [4.78, 5) is 29.1. The van der Waals surface area contributed by atoms with Gasteiger partial charge in [0, 0.05) is 19.6 Å². The molecule has 1 N–H and O–H groups in total. The number of phenolic OH excluding ortho intramolecular Hbond substituents is 1. The molecule has 6 nitrogen and oxygen atoms in total. The highest BCUT2D eigenvalue weighted by molar-refractivity contribution is 5.99. The van der Waals surface area contributed by atoms with E-state index in [2.05, 4.69) is 0 Å². The number of ether oxygens (including phenoxy) is 1. The maximum atomic E-state index is 12.9. The predicted octanol–water partition coefficient (Wildman–Crippen LogP) is 1.63. The molecule has 2 fully saturated rings. The van der Waals surface area contributed by atoms with Gasteiger partial charge in [-0.15, -0.1) is 0 Å². The molecule has 2 aliphatic heterocycles. The highest BCUT2D eigenvalue weighted by Crippen LogP contribution is 2.26. The summed E-state index contributed by atoms with van der Waals surface area (Å²) in [5.41, 5.74) is 0.251. The van der Waals surface area contributed by atoms with Gasteiger partial charge in [-0.25, -0.2) is 0 Å². The predicted molar refractivity (Wildman–Crippen MR) is 88.8 cm³/mol. The first kappa shape index (κ1) is 16.8. The van der Waals surface area contributed by atoms with E-state index in [1.807, 2.05) is 13.8 Å². The summed E-state index contributed by atoms with van der Waals surface area (Å²) >= 11 is 0. The van der Waals surface area contributed by atoms with E-state index in [0.717, 1.165) is 6.42 Å². The summed E-state index contributed by atoms with van der Waals surface area (Å²) in [5.74, 6) is -0.342. The molecule has 6 heteroatoms. The van der Waals surface area contributed by atoms with Gasteiger partial charge in [-0.3, -0.25) is 9.59 Å². The summed E-state index contributed by atoms with van der Waals surface area (Å²) in [6, 6.07) is 6.03. The lowest BCUT2D eigenvalue weighted by Crippen LogP contribution is -2.54. The van der Waals surface area contributed by atoms with E-state index in [1.165, 1.54) is 6.07 Å². The second-order valence-electron chi connectivity index (χ2n) is 6.67. The molecule has 1 aromatic carbocycles. The van der Waals surface area contributed by atoms with Crippen LogP contribution in [-0.2, 0) is 9.53 Å². The largest absolute Gasteiger partial charge is 0.507 e. The molecule has 0 aromatic heterocycles. The van der Waals surface area contributed by atoms with Gasteiger partial charge in [0.25, 0.3) is 5.91 Å². The Kier molecular flexibility index (Phi) is 4.76. The van der Waals surface area contributed by atoms with Crippen LogP contribution < -0.4 is 0 Å². The van der Waals surface area contributed by atoms with Crippen LogP contribution in [0.15, 0.2) is 24.3 Å². The molecular weight excluding hydrogens is 308 g/mol. The number of rotatable bonds is 2. The van der Waals surface area contributed by atoms with Gasteiger partial charge in [0.2, 0.25) is 5.91 Å². The maximum Gasteiger partial charge on any atom is 0.258 e. The second-order valence-corrected chi connectivity index (χ2v) is 6.67. The smallest absolute Gasteiger partial charge is 0.258 e. The van der Waals surface area contributed by atoms with Gasteiger partial charge in [0.1, 0.15) is 11.8 Å². The highest BCUT2D eigenvalue weighted by atomic mass is 16.5. The van der Waals surface area contributed by atoms with E-state index < -0.39 is 6.04 Å². The Bertz CT molecular complexity index is 623. The third kappa shape index (κ3) is 3.24. The Hall–Kier alpha value is -2.08. The lowest BCUT2D eigenvalue weighted by atomic mass is 10.1. The number of hydrogen-bond donors (Lipinski definition) is 1. The molecule has 24 heavy (non-hydrogen) atoms. The van der Waals surface area contributed by atoms with Gasteiger partial charge in [0.15, 0.2) is 0 Å². The van der Waals surface area contributed by atoms with E-state index in [9.17, 15) is 14.7 Å². The molecule has 0 bridgehead atoms. The molecular formula is C18H24N2O4. The first-order valence-electron chi connectivity index (χ1n) is 8.50. The molecule has 0 saturated carbocycles. The Morgan fingerprint density at radius 2 is 1.83 bits per heavy atom. The SMILES string of the molecule is CC1CN(C(=O)C2CCCN2C(=O)c2ccccc2O)CC(C)O1. The Morgan fingerprint density at radius 1 is 1.17 bits per heavy atom. The third-order valence-electron chi connectivity index (χ3n) is 4.66. The second kappa shape index (κ2) is 6.81. The average Bonchev–Trinajstić information content (AvgIpc) is 3.02. The number of para-hydroxylation sites is 1. The van der Waals surface area contributed by atoms with Crippen molar-refractivity contribution in [2.24, 2.45) is 0 Å². The minimum Gasteiger partial charge on any atom is -0.507 e. The van der Waals surface area contributed by atoms with Crippen molar-refractivity contribution in [3.05, 3.63) is 29.8 Å². The van der Waals surface area contributed by atoms with Gasteiger partial charge in [-0.1, -0.05) is 12.1 Å². The van der Waals surface area contributed by atoms with Crippen molar-refractivity contribution in [1.29, 1.82) is 0 Å². The number of benzene rings is 1. The summed E-state index contributed by atoms with van der Waals surface area (Å²) in [6.45, 7) is 5.56. The van der Waals surface area contributed by atoms with Crippen LogP contribution in [0.4, 0.5) is 0 Å². The molecule has 1 aromatic rings. The Labute approximate surface area is 142 Å². The fraction of sp³-hybridized carbons (Fsp3) is 0.556. The average molecular weight is 332 g/mol. The van der Waals surface area contributed by atoms with Crippen molar-refractivity contribution in [3.8, 4) is 5.75 Å². The molecule has 0 aliphatic carbocycles. The Morgan fingerprint density at radius 3 is 2.50 bits per heavy atom. The van der Waals surface area contributed by atoms with Crippen molar-refractivity contribution < 1.29 is 19.4 Å². The summed E-state index contributed by atoms with van der Waals surface area (Å²) in [7, 11) is 0. The first-order chi connectivity index (χ1) is 11.5.